The monoisotopic (exact) mass is 522 g/mol. The van der Waals surface area contributed by atoms with Crippen LogP contribution in [0.4, 0.5) is 13.2 Å². The van der Waals surface area contributed by atoms with E-state index in [1.807, 2.05) is 0 Å². The number of benzene rings is 1. The summed E-state index contributed by atoms with van der Waals surface area (Å²) in [5, 5.41) is 6.42. The molecule has 0 heterocycles. The molecule has 0 saturated heterocycles. The van der Waals surface area contributed by atoms with Crippen molar-refractivity contribution in [2.75, 3.05) is 6.54 Å². The molecule has 2 aliphatic rings. The van der Waals surface area contributed by atoms with Gasteiger partial charge in [0.1, 0.15) is 0 Å². The van der Waals surface area contributed by atoms with Crippen molar-refractivity contribution >= 4 is 46.6 Å². The van der Waals surface area contributed by atoms with Crippen molar-refractivity contribution in [1.82, 2.24) is 10.6 Å². The Bertz CT molecular complexity index is 969. The zero-order valence-corrected chi connectivity index (χ0v) is 20.1. The van der Waals surface area contributed by atoms with E-state index < -0.39 is 28.5 Å². The third-order valence-corrected chi connectivity index (χ3v) is 6.90. The molecule has 3 atom stereocenters. The number of amides is 2. The lowest BCUT2D eigenvalue weighted by molar-refractivity contribution is -0.133. The number of halogens is 6. The maximum atomic E-state index is 13.1. The van der Waals surface area contributed by atoms with Crippen molar-refractivity contribution < 1.29 is 22.8 Å². The molecule has 2 unspecified atom stereocenters. The summed E-state index contributed by atoms with van der Waals surface area (Å²) in [6.45, 7) is 1.72. The van der Waals surface area contributed by atoms with Crippen LogP contribution >= 0.6 is 34.8 Å². The number of hydrogen-bond acceptors (Lipinski definition) is 2. The van der Waals surface area contributed by atoms with Crippen molar-refractivity contribution in [1.29, 1.82) is 0 Å². The normalized spacial score (nSPS) is 25.3. The molecule has 1 fully saturated rings. The Morgan fingerprint density at radius 1 is 1.03 bits per heavy atom. The number of rotatable bonds is 6. The number of nitrogens with one attached hydrogen (secondary N) is 2. The smallest absolute Gasteiger partial charge is 0.352 e. The van der Waals surface area contributed by atoms with E-state index in [-0.39, 0.29) is 36.9 Å². The lowest BCUT2D eigenvalue weighted by atomic mass is 9.88. The second-order valence-electron chi connectivity index (χ2n) is 8.59. The molecular formula is C23H24Cl3F3N2O2. The first-order chi connectivity index (χ1) is 15.4. The second kappa shape index (κ2) is 10.3. The molecule has 1 aromatic carbocycles. The molecule has 3 rings (SSSR count). The van der Waals surface area contributed by atoms with Gasteiger partial charge in [-0.25, -0.2) is 0 Å². The van der Waals surface area contributed by atoms with Gasteiger partial charge in [-0.3, -0.25) is 9.59 Å². The van der Waals surface area contributed by atoms with Crippen molar-refractivity contribution in [2.45, 2.75) is 50.2 Å². The molecule has 1 aromatic rings. The van der Waals surface area contributed by atoms with Gasteiger partial charge < -0.3 is 10.6 Å². The molecule has 10 heteroatoms. The van der Waals surface area contributed by atoms with Crippen LogP contribution in [0.3, 0.4) is 0 Å². The SMILES string of the molecule is CC1(Cl)CC=C(C(F)(F)F)C=C1CNC(=O)C1CCC[C@H]1C(=O)NCc1cc(Cl)cc(Cl)c1. The highest BCUT2D eigenvalue weighted by Gasteiger charge is 2.40. The van der Waals surface area contributed by atoms with Crippen LogP contribution < -0.4 is 10.6 Å². The van der Waals surface area contributed by atoms with Gasteiger partial charge in [0.25, 0.3) is 0 Å². The molecule has 180 valence electrons. The summed E-state index contributed by atoms with van der Waals surface area (Å²) in [5.74, 6) is -1.70. The van der Waals surface area contributed by atoms with Crippen LogP contribution in [-0.2, 0) is 16.1 Å². The van der Waals surface area contributed by atoms with E-state index in [2.05, 4.69) is 10.6 Å². The fourth-order valence-electron chi connectivity index (χ4n) is 4.20. The summed E-state index contributed by atoms with van der Waals surface area (Å²) in [6, 6.07) is 4.97. The molecule has 2 N–H and O–H groups in total. The third-order valence-electron chi connectivity index (χ3n) is 6.06. The largest absolute Gasteiger partial charge is 0.416 e. The van der Waals surface area contributed by atoms with Gasteiger partial charge in [0.15, 0.2) is 0 Å². The van der Waals surface area contributed by atoms with Crippen LogP contribution in [0.5, 0.6) is 0 Å². The minimum Gasteiger partial charge on any atom is -0.352 e. The first kappa shape index (κ1) is 25.9. The Labute approximate surface area is 205 Å². The highest BCUT2D eigenvalue weighted by atomic mass is 35.5. The Hall–Kier alpha value is -1.70. The van der Waals surface area contributed by atoms with Gasteiger partial charge in [-0.1, -0.05) is 35.7 Å². The van der Waals surface area contributed by atoms with Gasteiger partial charge in [-0.2, -0.15) is 13.2 Å². The summed E-state index contributed by atoms with van der Waals surface area (Å²) in [4.78, 5) is 24.5. The maximum Gasteiger partial charge on any atom is 0.416 e. The maximum absolute atomic E-state index is 13.1. The molecule has 2 aliphatic carbocycles. The van der Waals surface area contributed by atoms with E-state index in [4.69, 9.17) is 34.8 Å². The molecule has 4 nitrogen and oxygen atoms in total. The quantitative estimate of drug-likeness (QED) is 0.452. The highest BCUT2D eigenvalue weighted by Crippen LogP contribution is 2.39. The summed E-state index contributed by atoms with van der Waals surface area (Å²) in [7, 11) is 0. The van der Waals surface area contributed by atoms with E-state index in [1.165, 1.54) is 0 Å². The molecule has 0 spiro atoms. The van der Waals surface area contributed by atoms with Crippen LogP contribution in [0, 0.1) is 11.8 Å². The van der Waals surface area contributed by atoms with E-state index in [9.17, 15) is 22.8 Å². The zero-order valence-electron chi connectivity index (χ0n) is 17.9. The van der Waals surface area contributed by atoms with Crippen LogP contribution in [0.1, 0.15) is 38.2 Å². The number of alkyl halides is 4. The molecule has 0 bridgehead atoms. The molecule has 2 amide bonds. The van der Waals surface area contributed by atoms with Gasteiger partial charge in [0.05, 0.1) is 10.4 Å². The molecule has 0 radical (unpaired) electrons. The van der Waals surface area contributed by atoms with Crippen molar-refractivity contribution in [3.8, 4) is 0 Å². The predicted octanol–water partition coefficient (Wildman–Crippen LogP) is 5.96. The summed E-state index contributed by atoms with van der Waals surface area (Å²) >= 11 is 18.3. The Morgan fingerprint density at radius 3 is 2.12 bits per heavy atom. The number of allylic oxidation sites excluding steroid dienone is 3. The number of carbonyl (C=O) groups excluding carboxylic acids is 2. The zero-order chi connectivity index (χ0) is 24.4. The lowest BCUT2D eigenvalue weighted by Gasteiger charge is -2.30. The third kappa shape index (κ3) is 6.67. The fraction of sp³-hybridized carbons (Fsp3) is 0.478. The first-order valence-electron chi connectivity index (χ1n) is 10.5. The lowest BCUT2D eigenvalue weighted by Crippen LogP contribution is -2.41. The molecular weight excluding hydrogens is 500 g/mol. The van der Waals surface area contributed by atoms with Gasteiger partial charge in [0, 0.05) is 35.0 Å². The Balaban J connectivity index is 1.60. The topological polar surface area (TPSA) is 58.2 Å². The minimum atomic E-state index is -4.48. The Kier molecular flexibility index (Phi) is 8.07. The molecule has 0 aliphatic heterocycles. The van der Waals surface area contributed by atoms with E-state index in [0.29, 0.717) is 29.3 Å². The minimum absolute atomic E-state index is 0.00702. The standard InChI is InChI=1S/C23H24Cl3F3N2O2/c1-22(26)6-5-14(23(27,28)29)9-15(22)12-31-21(33)19-4-2-3-18(19)20(32)30-11-13-7-16(24)10-17(25)8-13/h5,7-10,18-19H,2-4,6,11-12H2,1H3,(H,30,32)(H,31,33)/t18-,19?,22?/m1/s1. The van der Waals surface area contributed by atoms with Gasteiger partial charge in [-0.15, -0.1) is 11.6 Å². The van der Waals surface area contributed by atoms with E-state index in [0.717, 1.165) is 17.7 Å². The van der Waals surface area contributed by atoms with Crippen molar-refractivity contribution in [2.24, 2.45) is 11.8 Å². The van der Waals surface area contributed by atoms with Gasteiger partial charge in [-0.05, 0) is 61.6 Å². The van der Waals surface area contributed by atoms with Crippen LogP contribution in [0.15, 0.2) is 41.5 Å². The Morgan fingerprint density at radius 2 is 1.58 bits per heavy atom. The number of hydrogen-bond donors (Lipinski definition) is 2. The number of carbonyl (C=O) groups is 2. The summed E-state index contributed by atoms with van der Waals surface area (Å²) < 4.78 is 39.3. The fourth-order valence-corrected chi connectivity index (χ4v) is 4.97. The van der Waals surface area contributed by atoms with Gasteiger partial charge in [0.2, 0.25) is 11.8 Å². The van der Waals surface area contributed by atoms with Crippen LogP contribution in [0.25, 0.3) is 0 Å². The van der Waals surface area contributed by atoms with Crippen LogP contribution in [-0.4, -0.2) is 29.4 Å². The summed E-state index contributed by atoms with van der Waals surface area (Å²) in [6.07, 6.45) is -0.642. The van der Waals surface area contributed by atoms with Crippen molar-refractivity contribution in [3.05, 3.63) is 57.1 Å². The van der Waals surface area contributed by atoms with Gasteiger partial charge >= 0.3 is 6.18 Å². The second-order valence-corrected chi connectivity index (χ2v) is 10.3. The van der Waals surface area contributed by atoms with E-state index in [1.54, 1.807) is 25.1 Å². The molecule has 33 heavy (non-hydrogen) atoms. The predicted molar refractivity (Wildman–Crippen MR) is 123 cm³/mol. The van der Waals surface area contributed by atoms with E-state index >= 15 is 0 Å². The molecule has 0 aromatic heterocycles. The average molecular weight is 524 g/mol. The average Bonchev–Trinajstić information content (AvgIpc) is 3.19. The molecule has 1 saturated carbocycles. The first-order valence-corrected chi connectivity index (χ1v) is 11.7. The summed E-state index contributed by atoms with van der Waals surface area (Å²) in [5.41, 5.74) is 0.243. The van der Waals surface area contributed by atoms with Crippen molar-refractivity contribution in [3.63, 3.8) is 0 Å². The highest BCUT2D eigenvalue weighted by molar-refractivity contribution is 6.34. The van der Waals surface area contributed by atoms with Crippen LogP contribution in [0.2, 0.25) is 10.0 Å².